The lowest BCUT2D eigenvalue weighted by Gasteiger charge is -2.24. The van der Waals surface area contributed by atoms with Crippen LogP contribution in [0, 0.1) is 0 Å². The molecule has 0 aliphatic heterocycles. The van der Waals surface area contributed by atoms with Gasteiger partial charge in [0.05, 0.1) is 6.04 Å². The molecule has 1 aromatic carbocycles. The van der Waals surface area contributed by atoms with Crippen LogP contribution >= 0.6 is 24.4 Å². The van der Waals surface area contributed by atoms with E-state index in [4.69, 9.17) is 10.8 Å². The number of phenolic OH excluding ortho intramolecular Hbond substituents is 1. The summed E-state index contributed by atoms with van der Waals surface area (Å²) < 4.78 is 0. The quantitative estimate of drug-likeness (QED) is 0.123. The Hall–Kier alpha value is -2.97. The Morgan fingerprint density at radius 2 is 1.47 bits per heavy atom. The zero-order valence-corrected chi connectivity index (χ0v) is 21.4. The SMILES string of the molecule is CSCCC(NC(=O)C(CCC(=O)O)NC(=O)C(CS)NC(=O)C(N)Cc1ccc(O)cc1)C(=O)O. The summed E-state index contributed by atoms with van der Waals surface area (Å²) in [5.41, 5.74) is 6.61. The Balaban J connectivity index is 2.85. The minimum absolute atomic E-state index is 0.0593. The molecule has 4 unspecified atom stereocenters. The first-order chi connectivity index (χ1) is 17.0. The van der Waals surface area contributed by atoms with Crippen LogP contribution in [0.15, 0.2) is 24.3 Å². The van der Waals surface area contributed by atoms with Gasteiger partial charge >= 0.3 is 11.9 Å². The summed E-state index contributed by atoms with van der Waals surface area (Å²) in [4.78, 5) is 60.5. The van der Waals surface area contributed by atoms with E-state index in [-0.39, 0.29) is 30.8 Å². The number of carboxylic acids is 2. The molecule has 12 nitrogen and oxygen atoms in total. The maximum Gasteiger partial charge on any atom is 0.326 e. The van der Waals surface area contributed by atoms with Crippen molar-refractivity contribution in [2.24, 2.45) is 5.73 Å². The molecule has 1 rings (SSSR count). The number of aliphatic carboxylic acids is 2. The number of rotatable bonds is 16. The highest BCUT2D eigenvalue weighted by molar-refractivity contribution is 7.98. The molecule has 0 aliphatic carbocycles. The van der Waals surface area contributed by atoms with Gasteiger partial charge in [-0.25, -0.2) is 4.79 Å². The van der Waals surface area contributed by atoms with Crippen molar-refractivity contribution in [3.05, 3.63) is 29.8 Å². The first kappa shape index (κ1) is 31.1. The van der Waals surface area contributed by atoms with E-state index in [0.717, 1.165) is 0 Å². The molecule has 0 aromatic heterocycles. The van der Waals surface area contributed by atoms with Gasteiger partial charge in [-0.2, -0.15) is 24.4 Å². The van der Waals surface area contributed by atoms with E-state index in [1.807, 2.05) is 0 Å². The number of carbonyl (C=O) groups is 5. The number of aromatic hydroxyl groups is 1. The number of phenols is 1. The van der Waals surface area contributed by atoms with Gasteiger partial charge in [-0.3, -0.25) is 19.2 Å². The number of hydrogen-bond donors (Lipinski definition) is 8. The van der Waals surface area contributed by atoms with Crippen molar-refractivity contribution < 1.29 is 39.3 Å². The average Bonchev–Trinajstić information content (AvgIpc) is 2.83. The standard InChI is InChI=1S/C22H32N4O8S2/c1-36-9-8-16(22(33)34)25-20(31)15(6-7-18(28)29)24-21(32)17(11-35)26-19(30)14(23)10-12-2-4-13(27)5-3-12/h2-5,14-17,27,35H,6-11,23H2,1H3,(H,24,32)(H,25,31)(H,26,30)(H,28,29)(H,33,34). The Labute approximate surface area is 218 Å². The second kappa shape index (κ2) is 15.9. The van der Waals surface area contributed by atoms with Crippen molar-refractivity contribution >= 4 is 54.1 Å². The second-order valence-corrected chi connectivity index (χ2v) is 9.25. The number of amides is 3. The van der Waals surface area contributed by atoms with Crippen LogP contribution in [0.5, 0.6) is 5.75 Å². The van der Waals surface area contributed by atoms with Crippen molar-refractivity contribution in [3.63, 3.8) is 0 Å². The molecular formula is C22H32N4O8S2. The van der Waals surface area contributed by atoms with Crippen LogP contribution in [0.1, 0.15) is 24.8 Å². The van der Waals surface area contributed by atoms with Crippen LogP contribution in [0.4, 0.5) is 0 Å². The fraction of sp³-hybridized carbons (Fsp3) is 0.500. The number of nitrogens with two attached hydrogens (primary N) is 1. The minimum Gasteiger partial charge on any atom is -0.508 e. The Kier molecular flexibility index (Phi) is 13.7. The largest absolute Gasteiger partial charge is 0.508 e. The van der Waals surface area contributed by atoms with Crippen LogP contribution < -0.4 is 21.7 Å². The monoisotopic (exact) mass is 544 g/mol. The van der Waals surface area contributed by atoms with Gasteiger partial charge in [-0.15, -0.1) is 0 Å². The molecule has 1 aromatic rings. The number of thioether (sulfide) groups is 1. The zero-order chi connectivity index (χ0) is 27.3. The predicted octanol–water partition coefficient (Wildman–Crippen LogP) is -0.651. The third-order valence-electron chi connectivity index (χ3n) is 5.05. The molecule has 3 amide bonds. The topological polar surface area (TPSA) is 208 Å². The molecule has 0 fully saturated rings. The highest BCUT2D eigenvalue weighted by Gasteiger charge is 2.30. The van der Waals surface area contributed by atoms with Gasteiger partial charge in [0.2, 0.25) is 17.7 Å². The van der Waals surface area contributed by atoms with Crippen molar-refractivity contribution in [1.82, 2.24) is 16.0 Å². The van der Waals surface area contributed by atoms with Crippen LogP contribution in [0.2, 0.25) is 0 Å². The highest BCUT2D eigenvalue weighted by Crippen LogP contribution is 2.11. The van der Waals surface area contributed by atoms with Gasteiger partial charge in [-0.1, -0.05) is 12.1 Å². The van der Waals surface area contributed by atoms with Crippen molar-refractivity contribution in [2.45, 2.75) is 49.9 Å². The van der Waals surface area contributed by atoms with E-state index >= 15 is 0 Å². The number of thiol groups is 1. The average molecular weight is 545 g/mol. The second-order valence-electron chi connectivity index (χ2n) is 7.90. The van der Waals surface area contributed by atoms with E-state index in [1.165, 1.54) is 23.9 Å². The molecule has 14 heteroatoms. The Morgan fingerprint density at radius 3 is 2.00 bits per heavy atom. The lowest BCUT2D eigenvalue weighted by molar-refractivity contribution is -0.143. The number of carbonyl (C=O) groups excluding carboxylic acids is 3. The summed E-state index contributed by atoms with van der Waals surface area (Å²) in [6.45, 7) is 0. The van der Waals surface area contributed by atoms with Gasteiger partial charge in [0.25, 0.3) is 0 Å². The summed E-state index contributed by atoms with van der Waals surface area (Å²) in [7, 11) is 0. The fourth-order valence-corrected chi connectivity index (χ4v) is 3.75. The fourth-order valence-electron chi connectivity index (χ4n) is 3.03. The van der Waals surface area contributed by atoms with E-state index < -0.39 is 60.2 Å². The maximum atomic E-state index is 12.8. The predicted molar refractivity (Wildman–Crippen MR) is 137 cm³/mol. The van der Waals surface area contributed by atoms with Crippen molar-refractivity contribution in [1.29, 1.82) is 0 Å². The van der Waals surface area contributed by atoms with Crippen LogP contribution in [0.3, 0.4) is 0 Å². The first-order valence-electron chi connectivity index (χ1n) is 11.0. The molecule has 200 valence electrons. The van der Waals surface area contributed by atoms with Crippen LogP contribution in [-0.4, -0.2) is 86.9 Å². The van der Waals surface area contributed by atoms with E-state index in [0.29, 0.717) is 11.3 Å². The molecule has 36 heavy (non-hydrogen) atoms. The van der Waals surface area contributed by atoms with Crippen molar-refractivity contribution in [2.75, 3.05) is 17.8 Å². The summed E-state index contributed by atoms with van der Waals surface area (Å²) in [6.07, 6.45) is 1.28. The normalized spacial score (nSPS) is 14.1. The molecule has 0 aliphatic rings. The van der Waals surface area contributed by atoms with Gasteiger partial charge in [-0.05, 0) is 49.0 Å². The van der Waals surface area contributed by atoms with E-state index in [1.54, 1.807) is 18.4 Å². The first-order valence-corrected chi connectivity index (χ1v) is 13.0. The van der Waals surface area contributed by atoms with Gasteiger partial charge in [0.15, 0.2) is 0 Å². The minimum atomic E-state index is -1.35. The number of hydrogen-bond acceptors (Lipinski definition) is 9. The molecule has 0 heterocycles. The molecular weight excluding hydrogens is 512 g/mol. The molecule has 4 atom stereocenters. The summed E-state index contributed by atoms with van der Waals surface area (Å²) in [5.74, 6) is -4.43. The van der Waals surface area contributed by atoms with Crippen molar-refractivity contribution in [3.8, 4) is 5.75 Å². The highest BCUT2D eigenvalue weighted by atomic mass is 32.2. The Morgan fingerprint density at radius 1 is 0.917 bits per heavy atom. The van der Waals surface area contributed by atoms with E-state index in [9.17, 15) is 34.2 Å². The zero-order valence-electron chi connectivity index (χ0n) is 19.7. The number of benzene rings is 1. The third kappa shape index (κ3) is 11.2. The van der Waals surface area contributed by atoms with Gasteiger partial charge in [0.1, 0.15) is 23.9 Å². The molecule has 0 saturated heterocycles. The maximum absolute atomic E-state index is 12.8. The summed E-state index contributed by atoms with van der Waals surface area (Å²) in [6, 6.07) is 1.30. The lowest BCUT2D eigenvalue weighted by atomic mass is 10.1. The molecule has 0 spiro atoms. The Bertz CT molecular complexity index is 916. The third-order valence-corrected chi connectivity index (χ3v) is 6.06. The number of carboxylic acid groups (broad SMARTS) is 2. The van der Waals surface area contributed by atoms with Gasteiger partial charge in [0, 0.05) is 12.2 Å². The molecule has 0 bridgehead atoms. The van der Waals surface area contributed by atoms with Crippen LogP contribution in [0.25, 0.3) is 0 Å². The summed E-state index contributed by atoms with van der Waals surface area (Å²) in [5, 5.41) is 34.8. The van der Waals surface area contributed by atoms with E-state index in [2.05, 4.69) is 28.6 Å². The summed E-state index contributed by atoms with van der Waals surface area (Å²) >= 11 is 5.46. The molecule has 8 N–H and O–H groups in total. The molecule has 0 saturated carbocycles. The van der Waals surface area contributed by atoms with Crippen LogP contribution in [-0.2, 0) is 30.4 Å². The lowest BCUT2D eigenvalue weighted by Crippen LogP contribution is -2.57. The van der Waals surface area contributed by atoms with Gasteiger partial charge < -0.3 is 37.0 Å². The molecule has 0 radical (unpaired) electrons. The smallest absolute Gasteiger partial charge is 0.326 e. The number of nitrogens with one attached hydrogen (secondary N) is 3.